The minimum Gasteiger partial charge on any atom is -0.457 e. The van der Waals surface area contributed by atoms with Crippen LogP contribution in [-0.4, -0.2) is 143 Å². The fraction of sp³-hybridized carbons (Fsp3) is 0.387. The van der Waals surface area contributed by atoms with E-state index in [4.69, 9.17) is 28.8 Å². The standard InChI is InChI=1S/C29H29NO8S2.C24H26O4S2.C9H8N2O7/c31-26-13-14-27(32)30(26)38-29(34)36-17-19-40-39-18-16-35-15-5-10-28(33)37-25-20-23-8-2-1-6-21(23)11-12-22-7-3-4-9-24(22)25;25-13-16-29-30-17-15-27-14-5-10-24(26)28-23-18-21-8-2-1-6-19(21)11-12-20-7-3-4-9-22(20)23;12-5-1-2-6(13)10(5)17-9(16)18-11-7(14)3-4-8(11)15/h1-4,6-9,25H,5,10,13-20H2;1-4,6-9,23,25H,5,10,13-18H2;1-4H2. The van der Waals surface area contributed by atoms with Gasteiger partial charge in [-0.15, -0.1) is 0 Å². The molecule has 4 aromatic carbocycles. The van der Waals surface area contributed by atoms with Gasteiger partial charge in [-0.25, -0.2) is 4.79 Å². The van der Waals surface area contributed by atoms with Crippen LogP contribution >= 0.6 is 43.2 Å². The lowest BCUT2D eigenvalue weighted by Gasteiger charge is -2.22. The zero-order valence-electron chi connectivity index (χ0n) is 47.7. The highest BCUT2D eigenvalue weighted by molar-refractivity contribution is 8.77. The van der Waals surface area contributed by atoms with Gasteiger partial charge in [-0.2, -0.15) is 4.79 Å². The van der Waals surface area contributed by atoms with Crippen LogP contribution in [0.2, 0.25) is 0 Å². The van der Waals surface area contributed by atoms with Crippen molar-refractivity contribution < 1.29 is 91.2 Å². The summed E-state index contributed by atoms with van der Waals surface area (Å²) in [5.41, 5.74) is 7.74. The van der Waals surface area contributed by atoms with Crippen LogP contribution in [0.15, 0.2) is 97.1 Å². The van der Waals surface area contributed by atoms with Gasteiger partial charge in [-0.1, -0.05) is 155 Å². The molecule has 0 spiro atoms. The number of benzene rings is 4. The van der Waals surface area contributed by atoms with E-state index in [9.17, 15) is 47.9 Å². The van der Waals surface area contributed by atoms with Crippen molar-refractivity contribution in [2.45, 2.75) is 89.3 Å². The van der Waals surface area contributed by atoms with E-state index in [0.717, 1.165) is 61.8 Å². The molecule has 9 rings (SSSR count). The second-order valence-electron chi connectivity index (χ2n) is 19.2. The molecule has 3 saturated heterocycles. The smallest absolute Gasteiger partial charge is 0.457 e. The van der Waals surface area contributed by atoms with Crippen molar-refractivity contribution in [3.8, 4) is 23.7 Å². The third-order valence-corrected chi connectivity index (χ3v) is 17.6. The Bertz CT molecular complexity index is 3200. The summed E-state index contributed by atoms with van der Waals surface area (Å²) >= 11 is 0. The normalized spacial score (nSPS) is 16.1. The fourth-order valence-electron chi connectivity index (χ4n) is 8.66. The van der Waals surface area contributed by atoms with Crippen molar-refractivity contribution in [1.29, 1.82) is 0 Å². The minimum atomic E-state index is -1.48. The third-order valence-electron chi connectivity index (χ3n) is 12.9. The summed E-state index contributed by atoms with van der Waals surface area (Å²) in [7, 11) is 6.37. The van der Waals surface area contributed by atoms with Crippen LogP contribution in [0.4, 0.5) is 9.59 Å². The summed E-state index contributed by atoms with van der Waals surface area (Å²) in [5.74, 6) is 11.4. The number of aliphatic hydroxyl groups is 1. The largest absolute Gasteiger partial charge is 0.560 e. The topological polar surface area (TPSA) is 274 Å². The van der Waals surface area contributed by atoms with Gasteiger partial charge in [0.25, 0.3) is 35.4 Å². The first-order valence-corrected chi connectivity index (χ1v) is 33.1. The molecule has 3 heterocycles. The summed E-state index contributed by atoms with van der Waals surface area (Å²) < 4.78 is 27.8. The number of esters is 2. The van der Waals surface area contributed by atoms with E-state index in [2.05, 4.69) is 38.2 Å². The summed E-state index contributed by atoms with van der Waals surface area (Å²) in [6, 6.07) is 31.6. The monoisotopic (exact) mass is 1280 g/mol. The molecule has 4 aromatic rings. The maximum Gasteiger partial charge on any atom is 0.560 e. The van der Waals surface area contributed by atoms with E-state index in [1.54, 1.807) is 32.4 Å². The van der Waals surface area contributed by atoms with Crippen LogP contribution in [-0.2, 0) is 89.4 Å². The number of ether oxygens (including phenoxy) is 5. The molecule has 0 aromatic heterocycles. The first kappa shape index (κ1) is 67.7. The fourth-order valence-corrected chi connectivity index (χ4v) is 12.0. The molecule has 0 radical (unpaired) electrons. The Balaban J connectivity index is 0.000000202. The maximum atomic E-state index is 12.6. The minimum absolute atomic E-state index is 0.0334. The number of hydroxylamine groups is 6. The van der Waals surface area contributed by atoms with Gasteiger partial charge in [-0.3, -0.25) is 52.9 Å². The predicted octanol–water partition coefficient (Wildman–Crippen LogP) is 8.29. The van der Waals surface area contributed by atoms with Gasteiger partial charge in [-0.05, 0) is 48.2 Å². The second kappa shape index (κ2) is 36.5. The molecule has 0 bridgehead atoms. The van der Waals surface area contributed by atoms with Crippen molar-refractivity contribution in [2.75, 3.05) is 62.7 Å². The highest BCUT2D eigenvalue weighted by atomic mass is 33.1. The van der Waals surface area contributed by atoms with Gasteiger partial charge in [0.1, 0.15) is 18.8 Å². The van der Waals surface area contributed by atoms with Gasteiger partial charge in [0.2, 0.25) is 0 Å². The Morgan fingerprint density at radius 2 is 0.773 bits per heavy atom. The molecule has 26 heteroatoms. The molecule has 88 heavy (non-hydrogen) atoms. The molecular weight excluding hydrogens is 1220 g/mol. The molecule has 22 nitrogen and oxygen atoms in total. The van der Waals surface area contributed by atoms with Crippen molar-refractivity contribution in [2.24, 2.45) is 0 Å². The number of fused-ring (bicyclic) bond motifs is 4. The number of carbonyl (C=O) groups is 10. The van der Waals surface area contributed by atoms with E-state index < -0.39 is 53.9 Å². The number of amides is 6. The van der Waals surface area contributed by atoms with Crippen molar-refractivity contribution in [3.63, 3.8) is 0 Å². The van der Waals surface area contributed by atoms with Crippen LogP contribution in [0.1, 0.15) is 121 Å². The number of hydrogen-bond donors (Lipinski definition) is 1. The van der Waals surface area contributed by atoms with Crippen LogP contribution in [0.3, 0.4) is 0 Å². The molecule has 5 aliphatic rings. The molecule has 3 aliphatic heterocycles. The predicted molar refractivity (Wildman–Crippen MR) is 323 cm³/mol. The summed E-state index contributed by atoms with van der Waals surface area (Å²) in [4.78, 5) is 128. The first-order valence-electron chi connectivity index (χ1n) is 28.1. The number of rotatable bonds is 26. The molecule has 1 N–H and O–H groups in total. The number of nitrogens with zero attached hydrogens (tertiary/aromatic N) is 3. The van der Waals surface area contributed by atoms with Gasteiger partial charge in [0.05, 0.1) is 19.8 Å². The van der Waals surface area contributed by atoms with E-state index in [1.165, 1.54) is 10.8 Å². The van der Waals surface area contributed by atoms with Crippen LogP contribution in [0.25, 0.3) is 0 Å². The van der Waals surface area contributed by atoms with Crippen molar-refractivity contribution in [1.82, 2.24) is 15.2 Å². The SMILES string of the molecule is O=C(CCCOCCSSCCO)OC1Cc2ccccc2C#Cc2ccccc21.O=C(CCCOCCSSCCOC(=O)ON1C(=O)CCC1=O)OC1Cc2ccccc2C#Cc2ccccc21.O=C(ON1C(=O)CCC1=O)ON1C(=O)CCC1=O. The Morgan fingerprint density at radius 3 is 1.18 bits per heavy atom. The van der Waals surface area contributed by atoms with Crippen LogP contribution in [0.5, 0.6) is 0 Å². The number of hydrogen-bond acceptors (Lipinski definition) is 23. The van der Waals surface area contributed by atoms with Crippen LogP contribution in [0, 0.1) is 23.7 Å². The number of carbonyl (C=O) groups excluding carboxylic acids is 10. The lowest BCUT2D eigenvalue weighted by molar-refractivity contribution is -0.198. The van der Waals surface area contributed by atoms with E-state index in [0.29, 0.717) is 69.3 Å². The first-order chi connectivity index (χ1) is 42.8. The molecule has 2 aliphatic carbocycles. The summed E-state index contributed by atoms with van der Waals surface area (Å²) in [6.07, 6.45) is -0.507. The Kier molecular flexibility index (Phi) is 28.1. The summed E-state index contributed by atoms with van der Waals surface area (Å²) in [5, 5.41) is 9.69. The Labute approximate surface area is 523 Å². The van der Waals surface area contributed by atoms with Crippen molar-refractivity contribution in [3.05, 3.63) is 142 Å². The zero-order valence-corrected chi connectivity index (χ0v) is 51.0. The second-order valence-corrected chi connectivity index (χ2v) is 24.6. The van der Waals surface area contributed by atoms with Crippen LogP contribution < -0.4 is 0 Å². The maximum absolute atomic E-state index is 12.6. The van der Waals surface area contributed by atoms with Crippen molar-refractivity contribution >= 4 is 103 Å². The van der Waals surface area contributed by atoms with Gasteiger partial charge < -0.3 is 28.8 Å². The quantitative estimate of drug-likeness (QED) is 0.0155. The van der Waals surface area contributed by atoms with Gasteiger partial charge in [0.15, 0.2) is 0 Å². The van der Waals surface area contributed by atoms with E-state index >= 15 is 0 Å². The number of imide groups is 3. The molecule has 2 unspecified atom stereocenters. The highest BCUT2D eigenvalue weighted by Gasteiger charge is 2.38. The highest BCUT2D eigenvalue weighted by Crippen LogP contribution is 2.31. The lowest BCUT2D eigenvalue weighted by Crippen LogP contribution is -2.37. The molecular formula is C62H63N3O19S4. The van der Waals surface area contributed by atoms with Gasteiger partial charge >= 0.3 is 24.2 Å². The average molecular weight is 1280 g/mol. The molecule has 3 fully saturated rings. The van der Waals surface area contributed by atoms with E-state index in [-0.39, 0.29) is 86.3 Å². The number of aliphatic hydroxyl groups excluding tert-OH is 1. The van der Waals surface area contributed by atoms with E-state index in [1.807, 2.05) is 97.1 Å². The molecule has 0 saturated carbocycles. The molecule has 464 valence electrons. The average Bonchev–Trinajstić information content (AvgIpc) is 2.10. The van der Waals surface area contributed by atoms with Gasteiger partial charge in [0, 0.05) is 134 Å². The summed E-state index contributed by atoms with van der Waals surface area (Å²) in [6.45, 7) is 2.42. The Hall–Kier alpha value is -7.82. The lowest BCUT2D eigenvalue weighted by atomic mass is 9.92. The zero-order chi connectivity index (χ0) is 62.5. The Morgan fingerprint density at radius 1 is 0.432 bits per heavy atom. The molecule has 6 amide bonds. The third kappa shape index (κ3) is 21.8. The molecule has 2 atom stereocenters.